The second-order valence-electron chi connectivity index (χ2n) is 3.86. The summed E-state index contributed by atoms with van der Waals surface area (Å²) >= 11 is 0. The molecule has 2 atom stereocenters. The topological polar surface area (TPSA) is 44.1 Å². The molecule has 1 aromatic heterocycles. The number of cyclic esters (lactones) is 1. The van der Waals surface area contributed by atoms with E-state index in [4.69, 9.17) is 8.85 Å². The molecule has 0 aliphatic carbocycles. The Balaban J connectivity index is 0.00000180. The van der Waals surface area contributed by atoms with E-state index in [2.05, 4.69) is 4.98 Å². The van der Waals surface area contributed by atoms with Crippen LogP contribution in [-0.2, 0) is 22.9 Å². The van der Waals surface area contributed by atoms with E-state index >= 15 is 0 Å². The van der Waals surface area contributed by atoms with Crippen molar-refractivity contribution in [1.29, 1.82) is 0 Å². The Kier molecular flexibility index (Phi) is 3.02. The van der Waals surface area contributed by atoms with Crippen LogP contribution in [0.4, 0.5) is 0 Å². The van der Waals surface area contributed by atoms with Gasteiger partial charge in [-0.1, -0.05) is 6.92 Å². The first-order valence-electron chi connectivity index (χ1n) is 6.61. The lowest BCUT2D eigenvalue weighted by Gasteiger charge is -2.12. The molecule has 1 aliphatic heterocycles. The molecule has 0 bridgehead atoms. The van der Waals surface area contributed by atoms with Crippen molar-refractivity contribution in [3.63, 3.8) is 0 Å². The van der Waals surface area contributed by atoms with Crippen molar-refractivity contribution in [3.05, 3.63) is 18.2 Å². The summed E-state index contributed by atoms with van der Waals surface area (Å²) in [5, 5.41) is 0. The zero-order valence-electron chi connectivity index (χ0n) is 12.0. The van der Waals surface area contributed by atoms with Crippen molar-refractivity contribution in [3.8, 4) is 0 Å². The summed E-state index contributed by atoms with van der Waals surface area (Å²) in [6, 6.07) is 0. The quantitative estimate of drug-likeness (QED) is 0.762. The monoisotopic (exact) mass is 247 g/mol. The minimum atomic E-state index is -2.23. The standard InChI is InChI=1S/C11H16N2O2.ClH/c1-3-10-8(6-15-11(10)14)4-9-5-12-7-13(9)2;/h5,7-8,10H,3-4,6H2,1-2H3;1H/t8-,10-;/m0./s1/i2D3;. The van der Waals surface area contributed by atoms with Crippen LogP contribution in [0.5, 0.6) is 0 Å². The molecule has 0 unspecified atom stereocenters. The minimum absolute atomic E-state index is 0. The molecule has 5 heteroatoms. The van der Waals surface area contributed by atoms with Crippen molar-refractivity contribution < 1.29 is 13.6 Å². The van der Waals surface area contributed by atoms with Gasteiger partial charge in [0.15, 0.2) is 0 Å². The third-order valence-electron chi connectivity index (χ3n) is 2.94. The first-order valence-corrected chi connectivity index (χ1v) is 5.11. The predicted molar refractivity (Wildman–Crippen MR) is 62.4 cm³/mol. The van der Waals surface area contributed by atoms with Crippen LogP contribution in [0.1, 0.15) is 23.2 Å². The third kappa shape index (κ3) is 2.38. The third-order valence-corrected chi connectivity index (χ3v) is 2.94. The largest absolute Gasteiger partial charge is 0.465 e. The van der Waals surface area contributed by atoms with Crippen LogP contribution in [0.15, 0.2) is 12.5 Å². The molecule has 0 amide bonds. The van der Waals surface area contributed by atoms with Crippen LogP contribution in [0.25, 0.3) is 0 Å². The summed E-state index contributed by atoms with van der Waals surface area (Å²) < 4.78 is 28.4. The maximum Gasteiger partial charge on any atom is 0.309 e. The summed E-state index contributed by atoms with van der Waals surface area (Å²) in [5.74, 6) is -0.271. The predicted octanol–water partition coefficient (Wildman–Crippen LogP) is 1.58. The number of esters is 1. The maximum absolute atomic E-state index is 11.5. The Hall–Kier alpha value is -1.03. The zero-order valence-corrected chi connectivity index (χ0v) is 9.87. The molecule has 4 nitrogen and oxygen atoms in total. The molecule has 2 heterocycles. The number of nitrogens with zero attached hydrogens (tertiary/aromatic N) is 2. The van der Waals surface area contributed by atoms with Crippen LogP contribution in [0.2, 0.25) is 0 Å². The summed E-state index contributed by atoms with van der Waals surface area (Å²) in [7, 11) is 0. The van der Waals surface area contributed by atoms with Gasteiger partial charge in [0.2, 0.25) is 0 Å². The molecular formula is C11H17ClN2O2. The van der Waals surface area contributed by atoms with Gasteiger partial charge < -0.3 is 9.30 Å². The fraction of sp³-hybridized carbons (Fsp3) is 0.636. The SMILES string of the molecule is Cl.[2H]C([2H])([2H])n1cncc1C[C@H]1COC(=O)[C@H]1CC. The van der Waals surface area contributed by atoms with E-state index in [-0.39, 0.29) is 30.2 Å². The molecule has 2 rings (SSSR count). The van der Waals surface area contributed by atoms with Crippen LogP contribution < -0.4 is 0 Å². The first kappa shape index (κ1) is 9.05. The van der Waals surface area contributed by atoms with Gasteiger partial charge in [0.1, 0.15) is 0 Å². The minimum Gasteiger partial charge on any atom is -0.465 e. The molecule has 0 spiro atoms. The summed E-state index contributed by atoms with van der Waals surface area (Å²) in [4.78, 5) is 15.3. The summed E-state index contributed by atoms with van der Waals surface area (Å²) in [5.41, 5.74) is 0.622. The lowest BCUT2D eigenvalue weighted by Crippen LogP contribution is -2.18. The Labute approximate surface area is 106 Å². The van der Waals surface area contributed by atoms with Gasteiger partial charge >= 0.3 is 5.97 Å². The number of halogens is 1. The fourth-order valence-electron chi connectivity index (χ4n) is 2.05. The van der Waals surface area contributed by atoms with E-state index in [1.165, 1.54) is 10.9 Å². The van der Waals surface area contributed by atoms with Crippen LogP contribution in [0.3, 0.4) is 0 Å². The van der Waals surface area contributed by atoms with E-state index in [0.29, 0.717) is 25.1 Å². The van der Waals surface area contributed by atoms with Crippen LogP contribution in [-0.4, -0.2) is 22.1 Å². The Morgan fingerprint density at radius 3 is 3.25 bits per heavy atom. The van der Waals surface area contributed by atoms with E-state index in [1.807, 2.05) is 6.92 Å². The van der Waals surface area contributed by atoms with Gasteiger partial charge in [-0.2, -0.15) is 0 Å². The van der Waals surface area contributed by atoms with Gasteiger partial charge in [0.05, 0.1) is 18.9 Å². The van der Waals surface area contributed by atoms with Crippen molar-refractivity contribution in [2.75, 3.05) is 6.61 Å². The number of ether oxygens (including phenoxy) is 1. The molecule has 0 N–H and O–H groups in total. The van der Waals surface area contributed by atoms with Crippen molar-refractivity contribution in [2.45, 2.75) is 19.8 Å². The van der Waals surface area contributed by atoms with Gasteiger partial charge in [0, 0.05) is 28.9 Å². The lowest BCUT2D eigenvalue weighted by atomic mass is 9.89. The Morgan fingerprint density at radius 2 is 2.56 bits per heavy atom. The molecule has 90 valence electrons. The van der Waals surface area contributed by atoms with E-state index in [1.54, 1.807) is 6.20 Å². The second-order valence-corrected chi connectivity index (χ2v) is 3.86. The molecule has 0 saturated carbocycles. The van der Waals surface area contributed by atoms with Crippen LogP contribution >= 0.6 is 12.4 Å². The first-order chi connectivity index (χ1) is 8.43. The number of aryl methyl sites for hydroxylation is 1. The summed E-state index contributed by atoms with van der Waals surface area (Å²) in [6.45, 7) is 0.0752. The Bertz CT molecular complexity index is 447. The molecule has 1 aromatic rings. The van der Waals surface area contributed by atoms with Gasteiger partial charge in [0.25, 0.3) is 0 Å². The Morgan fingerprint density at radius 1 is 1.75 bits per heavy atom. The fourth-order valence-corrected chi connectivity index (χ4v) is 2.05. The highest BCUT2D eigenvalue weighted by Gasteiger charge is 2.35. The van der Waals surface area contributed by atoms with Gasteiger partial charge in [-0.15, -0.1) is 12.4 Å². The van der Waals surface area contributed by atoms with E-state index in [0.717, 1.165) is 0 Å². The smallest absolute Gasteiger partial charge is 0.309 e. The van der Waals surface area contributed by atoms with E-state index in [9.17, 15) is 4.79 Å². The number of aromatic nitrogens is 2. The molecule has 1 aliphatic rings. The van der Waals surface area contributed by atoms with Crippen molar-refractivity contribution in [1.82, 2.24) is 9.55 Å². The highest BCUT2D eigenvalue weighted by Crippen LogP contribution is 2.27. The van der Waals surface area contributed by atoms with Crippen molar-refractivity contribution in [2.24, 2.45) is 18.8 Å². The zero-order chi connectivity index (χ0) is 13.3. The number of carbonyl (C=O) groups excluding carboxylic acids is 1. The van der Waals surface area contributed by atoms with Crippen LogP contribution in [0, 0.1) is 11.8 Å². The van der Waals surface area contributed by atoms with Gasteiger partial charge in [-0.25, -0.2) is 4.98 Å². The number of hydrogen-bond acceptors (Lipinski definition) is 3. The lowest BCUT2D eigenvalue weighted by molar-refractivity contribution is -0.141. The average molecular weight is 248 g/mol. The molecule has 0 radical (unpaired) electrons. The molecule has 16 heavy (non-hydrogen) atoms. The van der Waals surface area contributed by atoms with Gasteiger partial charge in [-0.05, 0) is 12.8 Å². The second kappa shape index (κ2) is 5.34. The molecule has 1 saturated heterocycles. The summed E-state index contributed by atoms with van der Waals surface area (Å²) in [6.07, 6.45) is 4.07. The highest BCUT2D eigenvalue weighted by molar-refractivity contribution is 5.85. The number of carbonyl (C=O) groups is 1. The normalized spacial score (nSPS) is 27.6. The highest BCUT2D eigenvalue weighted by atomic mass is 35.5. The molecule has 1 fully saturated rings. The number of rotatable bonds is 3. The maximum atomic E-state index is 11.5. The molecule has 0 aromatic carbocycles. The number of hydrogen-bond donors (Lipinski definition) is 0. The van der Waals surface area contributed by atoms with E-state index < -0.39 is 6.98 Å². The molecular weight excluding hydrogens is 228 g/mol. The van der Waals surface area contributed by atoms with Crippen molar-refractivity contribution >= 4 is 18.4 Å². The average Bonchev–Trinajstić information content (AvgIpc) is 2.85. The number of imidazole rings is 1. The van der Waals surface area contributed by atoms with Gasteiger partial charge in [-0.3, -0.25) is 4.79 Å².